The molecule has 0 saturated heterocycles. The molecule has 0 saturated carbocycles. The molecule has 0 spiro atoms. The van der Waals surface area contributed by atoms with Gasteiger partial charge in [-0.1, -0.05) is 11.6 Å². The standard InChI is InChI=1S/C17H18ClNO4/c1-11(23-14-7-4-12(18)5-8-14)17(20)19-13-6-9-15(21-2)16(10-13)22-3/h4-11H,1-3H3,(H,19,20)/t11-/m0/s1. The molecule has 0 fully saturated rings. The molecule has 0 aliphatic heterocycles. The maximum Gasteiger partial charge on any atom is 0.265 e. The highest BCUT2D eigenvalue weighted by molar-refractivity contribution is 6.30. The van der Waals surface area contributed by atoms with Crippen LogP contribution in [0.2, 0.25) is 5.02 Å². The molecule has 0 heterocycles. The zero-order chi connectivity index (χ0) is 16.8. The van der Waals surface area contributed by atoms with Crippen molar-refractivity contribution in [2.24, 2.45) is 0 Å². The number of benzene rings is 2. The molecule has 0 aromatic heterocycles. The predicted molar refractivity (Wildman–Crippen MR) is 89.7 cm³/mol. The Bertz CT molecular complexity index is 673. The first-order chi connectivity index (χ1) is 11.0. The lowest BCUT2D eigenvalue weighted by Gasteiger charge is -2.15. The third kappa shape index (κ3) is 4.53. The molecule has 0 aliphatic rings. The largest absolute Gasteiger partial charge is 0.493 e. The molecule has 1 amide bonds. The van der Waals surface area contributed by atoms with E-state index in [2.05, 4.69) is 5.32 Å². The van der Waals surface area contributed by atoms with E-state index < -0.39 is 6.10 Å². The van der Waals surface area contributed by atoms with Crippen molar-refractivity contribution < 1.29 is 19.0 Å². The van der Waals surface area contributed by atoms with Gasteiger partial charge in [0, 0.05) is 16.8 Å². The molecule has 1 atom stereocenters. The number of rotatable bonds is 6. The number of carbonyl (C=O) groups excluding carboxylic acids is 1. The van der Waals surface area contributed by atoms with Crippen LogP contribution in [-0.2, 0) is 4.79 Å². The fourth-order valence-corrected chi connectivity index (χ4v) is 2.05. The van der Waals surface area contributed by atoms with Crippen LogP contribution < -0.4 is 19.5 Å². The van der Waals surface area contributed by atoms with Gasteiger partial charge in [-0.05, 0) is 43.3 Å². The fraction of sp³-hybridized carbons (Fsp3) is 0.235. The molecular formula is C17H18ClNO4. The SMILES string of the molecule is COc1ccc(NC(=O)[C@H](C)Oc2ccc(Cl)cc2)cc1OC. The normalized spacial score (nSPS) is 11.5. The summed E-state index contributed by atoms with van der Waals surface area (Å²) in [6.45, 7) is 1.67. The van der Waals surface area contributed by atoms with Crippen LogP contribution in [0.1, 0.15) is 6.92 Å². The zero-order valence-electron chi connectivity index (χ0n) is 13.1. The Hall–Kier alpha value is -2.40. The summed E-state index contributed by atoms with van der Waals surface area (Å²) in [5, 5.41) is 3.38. The topological polar surface area (TPSA) is 56.8 Å². The number of anilines is 1. The Kier molecular flexibility index (Phi) is 5.71. The van der Waals surface area contributed by atoms with E-state index in [1.807, 2.05) is 0 Å². The first-order valence-corrected chi connectivity index (χ1v) is 7.36. The van der Waals surface area contributed by atoms with Crippen LogP contribution in [-0.4, -0.2) is 26.2 Å². The quantitative estimate of drug-likeness (QED) is 0.873. The van der Waals surface area contributed by atoms with Crippen molar-refractivity contribution in [2.45, 2.75) is 13.0 Å². The lowest BCUT2D eigenvalue weighted by atomic mass is 10.2. The van der Waals surface area contributed by atoms with E-state index in [0.29, 0.717) is 28.0 Å². The summed E-state index contributed by atoms with van der Waals surface area (Å²) in [4.78, 5) is 12.2. The highest BCUT2D eigenvalue weighted by Gasteiger charge is 2.16. The van der Waals surface area contributed by atoms with Gasteiger partial charge >= 0.3 is 0 Å². The van der Waals surface area contributed by atoms with Gasteiger partial charge < -0.3 is 19.5 Å². The van der Waals surface area contributed by atoms with Crippen molar-refractivity contribution in [2.75, 3.05) is 19.5 Å². The Labute approximate surface area is 140 Å². The molecule has 0 aliphatic carbocycles. The Morgan fingerprint density at radius 1 is 1.04 bits per heavy atom. The molecule has 23 heavy (non-hydrogen) atoms. The van der Waals surface area contributed by atoms with Crippen LogP contribution in [0.15, 0.2) is 42.5 Å². The minimum absolute atomic E-state index is 0.271. The summed E-state index contributed by atoms with van der Waals surface area (Å²) in [6, 6.07) is 12.0. The van der Waals surface area contributed by atoms with E-state index in [1.165, 1.54) is 7.11 Å². The molecule has 5 nitrogen and oxygen atoms in total. The molecule has 2 rings (SSSR count). The maximum absolute atomic E-state index is 12.2. The van der Waals surface area contributed by atoms with Gasteiger partial charge in [0.15, 0.2) is 17.6 Å². The summed E-state index contributed by atoms with van der Waals surface area (Å²) < 4.78 is 15.9. The smallest absolute Gasteiger partial charge is 0.265 e. The number of ether oxygens (including phenoxy) is 3. The first-order valence-electron chi connectivity index (χ1n) is 6.98. The van der Waals surface area contributed by atoms with E-state index in [9.17, 15) is 4.79 Å². The van der Waals surface area contributed by atoms with Gasteiger partial charge in [-0.2, -0.15) is 0 Å². The average Bonchev–Trinajstić information content (AvgIpc) is 2.56. The molecule has 122 valence electrons. The van der Waals surface area contributed by atoms with Crippen molar-refractivity contribution in [3.05, 3.63) is 47.5 Å². The maximum atomic E-state index is 12.2. The predicted octanol–water partition coefficient (Wildman–Crippen LogP) is 3.76. The van der Waals surface area contributed by atoms with Crippen molar-refractivity contribution in [3.63, 3.8) is 0 Å². The van der Waals surface area contributed by atoms with E-state index in [1.54, 1.807) is 56.5 Å². The second-order valence-corrected chi connectivity index (χ2v) is 5.21. The number of amides is 1. The zero-order valence-corrected chi connectivity index (χ0v) is 13.9. The Morgan fingerprint density at radius 3 is 2.30 bits per heavy atom. The van der Waals surface area contributed by atoms with Crippen LogP contribution in [0.3, 0.4) is 0 Å². The fourth-order valence-electron chi connectivity index (χ4n) is 1.93. The van der Waals surface area contributed by atoms with Gasteiger partial charge in [-0.15, -0.1) is 0 Å². The van der Waals surface area contributed by atoms with Gasteiger partial charge in [-0.3, -0.25) is 4.79 Å². The summed E-state index contributed by atoms with van der Waals surface area (Å²) in [5.74, 6) is 1.43. The third-order valence-corrected chi connectivity index (χ3v) is 3.40. The lowest BCUT2D eigenvalue weighted by Crippen LogP contribution is -2.30. The number of carbonyl (C=O) groups is 1. The van der Waals surface area contributed by atoms with Gasteiger partial charge in [0.05, 0.1) is 14.2 Å². The van der Waals surface area contributed by atoms with Crippen molar-refractivity contribution >= 4 is 23.2 Å². The van der Waals surface area contributed by atoms with Crippen LogP contribution in [0.5, 0.6) is 17.2 Å². The summed E-state index contributed by atoms with van der Waals surface area (Å²) in [6.07, 6.45) is -0.663. The van der Waals surface area contributed by atoms with Gasteiger partial charge in [0.1, 0.15) is 5.75 Å². The monoisotopic (exact) mass is 335 g/mol. The summed E-state index contributed by atoms with van der Waals surface area (Å²) in [5.41, 5.74) is 0.596. The van der Waals surface area contributed by atoms with E-state index in [-0.39, 0.29) is 5.91 Å². The van der Waals surface area contributed by atoms with Crippen LogP contribution in [0.4, 0.5) is 5.69 Å². The Morgan fingerprint density at radius 2 is 1.70 bits per heavy atom. The van der Waals surface area contributed by atoms with Gasteiger partial charge in [0.25, 0.3) is 5.91 Å². The van der Waals surface area contributed by atoms with Crippen LogP contribution in [0, 0.1) is 0 Å². The summed E-state index contributed by atoms with van der Waals surface area (Å²) in [7, 11) is 3.09. The van der Waals surface area contributed by atoms with Crippen molar-refractivity contribution in [1.82, 2.24) is 0 Å². The van der Waals surface area contributed by atoms with Crippen molar-refractivity contribution in [3.8, 4) is 17.2 Å². The second kappa shape index (κ2) is 7.74. The highest BCUT2D eigenvalue weighted by Crippen LogP contribution is 2.29. The minimum Gasteiger partial charge on any atom is -0.493 e. The Balaban J connectivity index is 2.01. The number of nitrogens with one attached hydrogen (secondary N) is 1. The van der Waals surface area contributed by atoms with E-state index >= 15 is 0 Å². The number of hydrogen-bond donors (Lipinski definition) is 1. The highest BCUT2D eigenvalue weighted by atomic mass is 35.5. The minimum atomic E-state index is -0.663. The molecule has 2 aromatic carbocycles. The number of methoxy groups -OCH3 is 2. The molecule has 0 radical (unpaired) electrons. The first kappa shape index (κ1) is 17.0. The van der Waals surface area contributed by atoms with Gasteiger partial charge in [0.2, 0.25) is 0 Å². The molecular weight excluding hydrogens is 318 g/mol. The second-order valence-electron chi connectivity index (χ2n) is 4.77. The molecule has 0 unspecified atom stereocenters. The lowest BCUT2D eigenvalue weighted by molar-refractivity contribution is -0.122. The van der Waals surface area contributed by atoms with Crippen LogP contribution >= 0.6 is 11.6 Å². The number of halogens is 1. The molecule has 2 aromatic rings. The molecule has 0 bridgehead atoms. The average molecular weight is 336 g/mol. The molecule has 6 heteroatoms. The van der Waals surface area contributed by atoms with E-state index in [4.69, 9.17) is 25.8 Å². The molecule has 1 N–H and O–H groups in total. The van der Waals surface area contributed by atoms with Crippen LogP contribution in [0.25, 0.3) is 0 Å². The van der Waals surface area contributed by atoms with E-state index in [0.717, 1.165) is 0 Å². The van der Waals surface area contributed by atoms with Crippen molar-refractivity contribution in [1.29, 1.82) is 0 Å². The van der Waals surface area contributed by atoms with Gasteiger partial charge in [-0.25, -0.2) is 0 Å². The third-order valence-electron chi connectivity index (χ3n) is 3.15. The summed E-state index contributed by atoms with van der Waals surface area (Å²) >= 11 is 5.81. The number of hydrogen-bond acceptors (Lipinski definition) is 4.